The second-order valence-electron chi connectivity index (χ2n) is 2.07. The van der Waals surface area contributed by atoms with Gasteiger partial charge in [-0.05, 0) is 12.8 Å². The lowest BCUT2D eigenvalue weighted by atomic mass is 10.2. The van der Waals surface area contributed by atoms with Crippen molar-refractivity contribution in [2.45, 2.75) is 25.6 Å². The topological polar surface area (TPSA) is 77.8 Å². The normalized spacial score (nSPS) is 10.4. The number of Topliss-reactive ketones (excluding diaryl/α,β-unsaturated/α-hetero) is 1. The molecule has 0 bridgehead atoms. The molecule has 3 N–H and O–H groups in total. The number of hydrogen-bond donors (Lipinski definition) is 3. The van der Waals surface area contributed by atoms with Gasteiger partial charge < -0.3 is 15.3 Å². The highest BCUT2D eigenvalue weighted by atomic mass is 16.5. The summed E-state index contributed by atoms with van der Waals surface area (Å²) in [7, 11) is 0. The maximum absolute atomic E-state index is 10.4. The Bertz CT molecular complexity index is 99.9. The molecule has 4 heteroatoms. The lowest BCUT2D eigenvalue weighted by Crippen LogP contribution is -2.07. The minimum Gasteiger partial charge on any atom is -0.389 e. The number of rotatable bonds is 5. The van der Waals surface area contributed by atoms with E-state index in [-0.39, 0.29) is 18.6 Å². The summed E-state index contributed by atoms with van der Waals surface area (Å²) in [6.07, 6.45) is -0.525. The number of aliphatic hydroxyl groups is 3. The summed E-state index contributed by atoms with van der Waals surface area (Å²) in [5.41, 5.74) is 0. The third-order valence-corrected chi connectivity index (χ3v) is 1.09. The lowest BCUT2D eigenvalue weighted by Gasteiger charge is -2.00. The maximum Gasteiger partial charge on any atom is 0.158 e. The van der Waals surface area contributed by atoms with E-state index in [2.05, 4.69) is 0 Å². The molecule has 0 aromatic carbocycles. The van der Waals surface area contributed by atoms with E-state index in [0.29, 0.717) is 6.42 Å². The number of carbonyl (C=O) groups excluding carboxylic acids is 1. The van der Waals surface area contributed by atoms with Crippen LogP contribution in [0.3, 0.4) is 0 Å². The van der Waals surface area contributed by atoms with Crippen LogP contribution in [0.2, 0.25) is 0 Å². The molecule has 0 aliphatic rings. The van der Waals surface area contributed by atoms with Gasteiger partial charge in [-0.25, -0.2) is 0 Å². The van der Waals surface area contributed by atoms with Gasteiger partial charge in [-0.3, -0.25) is 4.79 Å². The average Bonchev–Trinajstić information content (AvgIpc) is 1.87. The number of aliphatic hydroxyl groups excluding tert-OH is 2. The van der Waals surface area contributed by atoms with E-state index < -0.39 is 12.9 Å². The van der Waals surface area contributed by atoms with Gasteiger partial charge in [0, 0.05) is 6.42 Å². The molecule has 0 saturated carbocycles. The third kappa shape index (κ3) is 5.68. The van der Waals surface area contributed by atoms with Crippen LogP contribution in [0.25, 0.3) is 0 Å². The number of carbonyl (C=O) groups is 1. The predicted molar refractivity (Wildman–Crippen MR) is 34.2 cm³/mol. The van der Waals surface area contributed by atoms with Crippen LogP contribution >= 0.6 is 0 Å². The van der Waals surface area contributed by atoms with Gasteiger partial charge in [0.05, 0.1) is 0 Å². The summed E-state index contributed by atoms with van der Waals surface area (Å²) in [5, 5.41) is 24.9. The van der Waals surface area contributed by atoms with Gasteiger partial charge in [0.25, 0.3) is 0 Å². The summed E-state index contributed by atoms with van der Waals surface area (Å²) in [5.74, 6) is -0.263. The first-order valence-corrected chi connectivity index (χ1v) is 3.15. The van der Waals surface area contributed by atoms with E-state index in [1.165, 1.54) is 0 Å². The van der Waals surface area contributed by atoms with Crippen LogP contribution in [0.4, 0.5) is 0 Å². The highest BCUT2D eigenvalue weighted by Crippen LogP contribution is 1.98. The lowest BCUT2D eigenvalue weighted by molar-refractivity contribution is -0.122. The van der Waals surface area contributed by atoms with Crippen molar-refractivity contribution in [3.8, 4) is 0 Å². The summed E-state index contributed by atoms with van der Waals surface area (Å²) in [6.45, 7) is -0.457. The molecule has 0 heterocycles. The molecule has 0 amide bonds. The maximum atomic E-state index is 10.4. The van der Waals surface area contributed by atoms with E-state index in [0.717, 1.165) is 0 Å². The number of ketones is 1. The van der Waals surface area contributed by atoms with Crippen molar-refractivity contribution in [2.24, 2.45) is 0 Å². The minimum atomic E-state index is -1.34. The quantitative estimate of drug-likeness (QED) is 0.438. The Hall–Kier alpha value is -0.450. The molecule has 4 nitrogen and oxygen atoms in total. The highest BCUT2D eigenvalue weighted by molar-refractivity contribution is 5.79. The van der Waals surface area contributed by atoms with Gasteiger partial charge in [-0.1, -0.05) is 0 Å². The zero-order chi connectivity index (χ0) is 7.98. The smallest absolute Gasteiger partial charge is 0.158 e. The molecule has 60 valence electrons. The van der Waals surface area contributed by atoms with E-state index >= 15 is 0 Å². The summed E-state index contributed by atoms with van der Waals surface area (Å²) >= 11 is 0. The molecule has 0 saturated heterocycles. The Balaban J connectivity index is 3.12. The highest BCUT2D eigenvalue weighted by Gasteiger charge is 2.01. The van der Waals surface area contributed by atoms with Crippen molar-refractivity contribution in [1.82, 2.24) is 0 Å². The van der Waals surface area contributed by atoms with Gasteiger partial charge >= 0.3 is 0 Å². The molecule has 0 aliphatic carbocycles. The zero-order valence-electron chi connectivity index (χ0n) is 5.66. The van der Waals surface area contributed by atoms with Crippen LogP contribution < -0.4 is 0 Å². The van der Waals surface area contributed by atoms with E-state index in [9.17, 15) is 4.79 Å². The molecule has 0 rings (SSSR count). The molecule has 0 spiro atoms. The van der Waals surface area contributed by atoms with Crippen LogP contribution in [-0.2, 0) is 4.79 Å². The van der Waals surface area contributed by atoms with Gasteiger partial charge in [-0.15, -0.1) is 0 Å². The predicted octanol–water partition coefficient (Wildman–Crippen LogP) is -0.971. The van der Waals surface area contributed by atoms with Crippen molar-refractivity contribution in [1.29, 1.82) is 0 Å². The summed E-state index contributed by atoms with van der Waals surface area (Å²) < 4.78 is 0. The first kappa shape index (κ1) is 9.55. The first-order chi connectivity index (χ1) is 4.66. The zero-order valence-corrected chi connectivity index (χ0v) is 5.66. The fourth-order valence-electron chi connectivity index (χ4n) is 0.561. The summed E-state index contributed by atoms with van der Waals surface area (Å²) in [4.78, 5) is 10.4. The summed E-state index contributed by atoms with van der Waals surface area (Å²) in [6, 6.07) is 0. The van der Waals surface area contributed by atoms with Crippen LogP contribution in [0.1, 0.15) is 19.3 Å². The van der Waals surface area contributed by atoms with Gasteiger partial charge in [0.15, 0.2) is 12.1 Å². The Morgan fingerprint density at radius 1 is 1.40 bits per heavy atom. The van der Waals surface area contributed by atoms with Crippen molar-refractivity contribution < 1.29 is 20.1 Å². The van der Waals surface area contributed by atoms with Gasteiger partial charge in [-0.2, -0.15) is 0 Å². The van der Waals surface area contributed by atoms with Crippen molar-refractivity contribution >= 4 is 5.78 Å². The molecular formula is C6H12O4. The van der Waals surface area contributed by atoms with E-state index in [1.54, 1.807) is 0 Å². The van der Waals surface area contributed by atoms with E-state index in [4.69, 9.17) is 15.3 Å². The fourth-order valence-corrected chi connectivity index (χ4v) is 0.561. The van der Waals surface area contributed by atoms with Crippen LogP contribution in [0, 0.1) is 0 Å². The second kappa shape index (κ2) is 5.34. The fraction of sp³-hybridized carbons (Fsp3) is 0.833. The molecule has 0 aromatic rings. The van der Waals surface area contributed by atoms with Crippen LogP contribution in [0.15, 0.2) is 0 Å². The average molecular weight is 148 g/mol. The first-order valence-electron chi connectivity index (χ1n) is 3.15. The molecule has 0 aromatic heterocycles. The molecule has 0 atom stereocenters. The number of hydrogen-bond acceptors (Lipinski definition) is 4. The van der Waals surface area contributed by atoms with Crippen LogP contribution in [0.5, 0.6) is 0 Å². The Morgan fingerprint density at radius 2 is 2.00 bits per heavy atom. The molecule has 10 heavy (non-hydrogen) atoms. The minimum absolute atomic E-state index is 0.186. The molecule has 0 radical (unpaired) electrons. The van der Waals surface area contributed by atoms with Crippen LogP contribution in [-0.4, -0.2) is 34.0 Å². The Labute approximate surface area is 59.1 Å². The Kier molecular flexibility index (Phi) is 5.10. The molecule has 0 unspecified atom stereocenters. The van der Waals surface area contributed by atoms with Crippen molar-refractivity contribution in [3.05, 3.63) is 0 Å². The molecule has 0 fully saturated rings. The molecular weight excluding hydrogens is 136 g/mol. The SMILES string of the molecule is O=C(CO)CCCC(O)O. The standard InChI is InChI=1S/C6H12O4/c7-4-5(8)2-1-3-6(9)10/h6-7,9-10H,1-4H2. The second-order valence-corrected chi connectivity index (χ2v) is 2.07. The van der Waals surface area contributed by atoms with Crippen molar-refractivity contribution in [3.63, 3.8) is 0 Å². The van der Waals surface area contributed by atoms with E-state index in [1.807, 2.05) is 0 Å². The monoisotopic (exact) mass is 148 g/mol. The van der Waals surface area contributed by atoms with Gasteiger partial charge in [0.2, 0.25) is 0 Å². The Morgan fingerprint density at radius 3 is 2.40 bits per heavy atom. The van der Waals surface area contributed by atoms with Crippen molar-refractivity contribution in [2.75, 3.05) is 6.61 Å². The van der Waals surface area contributed by atoms with Gasteiger partial charge in [0.1, 0.15) is 6.61 Å². The molecule has 0 aliphatic heterocycles. The third-order valence-electron chi connectivity index (χ3n) is 1.09. The largest absolute Gasteiger partial charge is 0.389 e.